The van der Waals surface area contributed by atoms with E-state index in [9.17, 15) is 5.11 Å². The van der Waals surface area contributed by atoms with Crippen molar-refractivity contribution >= 4 is 0 Å². The van der Waals surface area contributed by atoms with E-state index in [-0.39, 0.29) is 6.10 Å². The monoisotopic (exact) mass is 238 g/mol. The normalized spacial score (nSPS) is 23.2. The molecule has 0 radical (unpaired) electrons. The molecule has 1 N–H and O–H groups in total. The number of aliphatic hydroxyl groups excluding tert-OH is 1. The number of likely N-dealkylation sites (tertiary alicyclic amines) is 1. The second-order valence-electron chi connectivity index (χ2n) is 5.04. The first-order valence-electron chi connectivity index (χ1n) is 6.46. The molecule has 0 bridgehead atoms. The summed E-state index contributed by atoms with van der Waals surface area (Å²) >= 11 is 0. The molecule has 1 fully saturated rings. The minimum absolute atomic E-state index is 0.200. The van der Waals surface area contributed by atoms with Crippen LogP contribution in [-0.4, -0.2) is 34.4 Å². The fraction of sp³-hybridized carbons (Fsp3) is 0.769. The van der Waals surface area contributed by atoms with Crippen LogP contribution in [0.1, 0.15) is 37.3 Å². The SMILES string of the molecule is CCc1noc(C)c1CN1CCC(C(C)O)C1. The fourth-order valence-corrected chi connectivity index (χ4v) is 2.54. The van der Waals surface area contributed by atoms with Crippen molar-refractivity contribution in [2.75, 3.05) is 13.1 Å². The molecule has 0 aliphatic carbocycles. The van der Waals surface area contributed by atoms with Gasteiger partial charge in [-0.05, 0) is 39.2 Å². The molecule has 17 heavy (non-hydrogen) atoms. The predicted octanol–water partition coefficient (Wildman–Crippen LogP) is 1.75. The lowest BCUT2D eigenvalue weighted by Gasteiger charge is -2.17. The summed E-state index contributed by atoms with van der Waals surface area (Å²) in [7, 11) is 0. The summed E-state index contributed by atoms with van der Waals surface area (Å²) in [5, 5.41) is 13.7. The maximum Gasteiger partial charge on any atom is 0.138 e. The Kier molecular flexibility index (Phi) is 3.84. The molecular formula is C13H22N2O2. The number of rotatable bonds is 4. The van der Waals surface area contributed by atoms with Crippen LogP contribution in [0, 0.1) is 12.8 Å². The molecule has 0 aromatic carbocycles. The summed E-state index contributed by atoms with van der Waals surface area (Å²) in [4.78, 5) is 2.38. The molecular weight excluding hydrogens is 216 g/mol. The van der Waals surface area contributed by atoms with E-state index in [0.29, 0.717) is 5.92 Å². The van der Waals surface area contributed by atoms with Crippen LogP contribution in [0.4, 0.5) is 0 Å². The van der Waals surface area contributed by atoms with E-state index in [2.05, 4.69) is 17.0 Å². The maximum atomic E-state index is 9.59. The Morgan fingerprint density at radius 1 is 1.59 bits per heavy atom. The number of aryl methyl sites for hydroxylation is 2. The van der Waals surface area contributed by atoms with Crippen molar-refractivity contribution < 1.29 is 9.63 Å². The minimum atomic E-state index is -0.200. The first kappa shape index (κ1) is 12.6. The first-order chi connectivity index (χ1) is 8.11. The van der Waals surface area contributed by atoms with E-state index in [1.807, 2.05) is 13.8 Å². The van der Waals surface area contributed by atoms with E-state index >= 15 is 0 Å². The van der Waals surface area contributed by atoms with Gasteiger partial charge in [0.1, 0.15) is 5.76 Å². The van der Waals surface area contributed by atoms with E-state index in [1.165, 1.54) is 5.56 Å². The molecule has 2 heterocycles. The van der Waals surface area contributed by atoms with Gasteiger partial charge in [0.15, 0.2) is 0 Å². The van der Waals surface area contributed by atoms with Crippen molar-refractivity contribution in [3.05, 3.63) is 17.0 Å². The second-order valence-corrected chi connectivity index (χ2v) is 5.04. The first-order valence-corrected chi connectivity index (χ1v) is 6.46. The van der Waals surface area contributed by atoms with Crippen LogP contribution in [0.25, 0.3) is 0 Å². The van der Waals surface area contributed by atoms with Crippen LogP contribution < -0.4 is 0 Å². The molecule has 1 saturated heterocycles. The molecule has 1 aliphatic heterocycles. The fourth-order valence-electron chi connectivity index (χ4n) is 2.54. The Labute approximate surface area is 103 Å². The van der Waals surface area contributed by atoms with Crippen molar-refractivity contribution in [3.8, 4) is 0 Å². The zero-order valence-corrected chi connectivity index (χ0v) is 10.9. The van der Waals surface area contributed by atoms with Crippen LogP contribution in [0.15, 0.2) is 4.52 Å². The highest BCUT2D eigenvalue weighted by Gasteiger charge is 2.27. The zero-order valence-electron chi connectivity index (χ0n) is 10.9. The molecule has 1 aliphatic rings. The average Bonchev–Trinajstić information content (AvgIpc) is 2.88. The third-order valence-electron chi connectivity index (χ3n) is 3.77. The maximum absolute atomic E-state index is 9.59. The molecule has 4 heteroatoms. The Hall–Kier alpha value is -0.870. The van der Waals surface area contributed by atoms with Gasteiger partial charge in [0.05, 0.1) is 11.8 Å². The number of aliphatic hydroxyl groups is 1. The van der Waals surface area contributed by atoms with Gasteiger partial charge in [-0.3, -0.25) is 4.90 Å². The summed E-state index contributed by atoms with van der Waals surface area (Å²) in [6.45, 7) is 8.90. The van der Waals surface area contributed by atoms with Gasteiger partial charge in [0, 0.05) is 18.7 Å². The third kappa shape index (κ3) is 2.69. The quantitative estimate of drug-likeness (QED) is 0.868. The van der Waals surface area contributed by atoms with Crippen LogP contribution >= 0.6 is 0 Å². The molecule has 1 aromatic heterocycles. The van der Waals surface area contributed by atoms with Gasteiger partial charge in [0.25, 0.3) is 0 Å². The van der Waals surface area contributed by atoms with E-state index in [1.54, 1.807) is 0 Å². The molecule has 2 unspecified atom stereocenters. The number of hydrogen-bond acceptors (Lipinski definition) is 4. The van der Waals surface area contributed by atoms with Crippen molar-refractivity contribution in [2.24, 2.45) is 5.92 Å². The van der Waals surface area contributed by atoms with Gasteiger partial charge in [-0.1, -0.05) is 12.1 Å². The van der Waals surface area contributed by atoms with Gasteiger partial charge >= 0.3 is 0 Å². The summed E-state index contributed by atoms with van der Waals surface area (Å²) in [6, 6.07) is 0. The standard InChI is InChI=1S/C13H22N2O2/c1-4-13-12(10(3)17-14-13)8-15-6-5-11(7-15)9(2)16/h9,11,16H,4-8H2,1-3H3. The highest BCUT2D eigenvalue weighted by molar-refractivity contribution is 5.22. The minimum Gasteiger partial charge on any atom is -0.393 e. The van der Waals surface area contributed by atoms with Gasteiger partial charge in [0.2, 0.25) is 0 Å². The lowest BCUT2D eigenvalue weighted by atomic mass is 10.0. The zero-order chi connectivity index (χ0) is 12.4. The summed E-state index contributed by atoms with van der Waals surface area (Å²) in [5.41, 5.74) is 2.31. The van der Waals surface area contributed by atoms with Crippen LogP contribution in [0.5, 0.6) is 0 Å². The molecule has 0 amide bonds. The summed E-state index contributed by atoms with van der Waals surface area (Å²) < 4.78 is 5.25. The largest absolute Gasteiger partial charge is 0.393 e. The van der Waals surface area contributed by atoms with Crippen molar-refractivity contribution in [1.29, 1.82) is 0 Å². The lowest BCUT2D eigenvalue weighted by Crippen LogP contribution is -2.24. The Balaban J connectivity index is 2.00. The highest BCUT2D eigenvalue weighted by Crippen LogP contribution is 2.24. The smallest absolute Gasteiger partial charge is 0.138 e. The van der Waals surface area contributed by atoms with Crippen molar-refractivity contribution in [3.63, 3.8) is 0 Å². The highest BCUT2D eigenvalue weighted by atomic mass is 16.5. The molecule has 4 nitrogen and oxygen atoms in total. The summed E-state index contributed by atoms with van der Waals surface area (Å²) in [5.74, 6) is 1.35. The average molecular weight is 238 g/mol. The lowest BCUT2D eigenvalue weighted by molar-refractivity contribution is 0.127. The van der Waals surface area contributed by atoms with Crippen molar-refractivity contribution in [1.82, 2.24) is 10.1 Å². The van der Waals surface area contributed by atoms with E-state index in [0.717, 1.165) is 43.9 Å². The van der Waals surface area contributed by atoms with Crippen LogP contribution in [-0.2, 0) is 13.0 Å². The predicted molar refractivity (Wildman–Crippen MR) is 65.7 cm³/mol. The molecule has 1 aromatic rings. The summed E-state index contributed by atoms with van der Waals surface area (Å²) in [6.07, 6.45) is 1.80. The molecule has 2 rings (SSSR count). The molecule has 2 atom stereocenters. The number of hydrogen-bond donors (Lipinski definition) is 1. The second kappa shape index (κ2) is 5.19. The van der Waals surface area contributed by atoms with Crippen molar-refractivity contribution in [2.45, 2.75) is 46.3 Å². The molecule has 0 spiro atoms. The van der Waals surface area contributed by atoms with E-state index in [4.69, 9.17) is 4.52 Å². The van der Waals surface area contributed by atoms with Gasteiger partial charge < -0.3 is 9.63 Å². The Bertz CT molecular complexity index is 373. The molecule has 0 saturated carbocycles. The Morgan fingerprint density at radius 3 is 2.94 bits per heavy atom. The van der Waals surface area contributed by atoms with Gasteiger partial charge in [-0.15, -0.1) is 0 Å². The van der Waals surface area contributed by atoms with Crippen LogP contribution in [0.2, 0.25) is 0 Å². The third-order valence-corrected chi connectivity index (χ3v) is 3.77. The molecule has 96 valence electrons. The van der Waals surface area contributed by atoms with E-state index < -0.39 is 0 Å². The number of aromatic nitrogens is 1. The van der Waals surface area contributed by atoms with Crippen LogP contribution in [0.3, 0.4) is 0 Å². The number of nitrogens with zero attached hydrogens (tertiary/aromatic N) is 2. The van der Waals surface area contributed by atoms with Gasteiger partial charge in [-0.2, -0.15) is 0 Å². The van der Waals surface area contributed by atoms with Gasteiger partial charge in [-0.25, -0.2) is 0 Å². The Morgan fingerprint density at radius 2 is 2.35 bits per heavy atom. The topological polar surface area (TPSA) is 49.5 Å².